The molecule has 1 rings (SSSR count). The van der Waals surface area contributed by atoms with Gasteiger partial charge < -0.3 is 9.16 Å². The van der Waals surface area contributed by atoms with E-state index in [4.69, 9.17) is 13.3 Å². The highest BCUT2D eigenvalue weighted by molar-refractivity contribution is 7.85. The summed E-state index contributed by atoms with van der Waals surface area (Å²) in [7, 11) is -6.27. The second-order valence-electron chi connectivity index (χ2n) is 8.67. The van der Waals surface area contributed by atoms with E-state index in [1.807, 2.05) is 0 Å². The van der Waals surface area contributed by atoms with Crippen LogP contribution in [0.15, 0.2) is 0 Å². The van der Waals surface area contributed by atoms with Crippen molar-refractivity contribution in [2.24, 2.45) is 0 Å². The van der Waals surface area contributed by atoms with Crippen molar-refractivity contribution in [2.75, 3.05) is 6.61 Å². The van der Waals surface area contributed by atoms with Crippen LogP contribution in [0.2, 0.25) is 18.1 Å². The molecule has 1 fully saturated rings. The maximum Gasteiger partial charge on any atom is 0.426 e. The average Bonchev–Trinajstić information content (AvgIpc) is 2.60. The first-order chi connectivity index (χ1) is 10.5. The molecule has 142 valence electrons. The van der Waals surface area contributed by atoms with E-state index in [0.717, 1.165) is 0 Å². The molecule has 9 heteroatoms. The average molecular weight is 382 g/mol. The molecule has 0 N–H and O–H groups in total. The van der Waals surface area contributed by atoms with Crippen LogP contribution >= 0.6 is 0 Å². The van der Waals surface area contributed by atoms with Gasteiger partial charge in [0, 0.05) is 0 Å². The van der Waals surface area contributed by atoms with Gasteiger partial charge in [0.05, 0.1) is 12.7 Å². The molecule has 0 bridgehead atoms. The summed E-state index contributed by atoms with van der Waals surface area (Å²) in [5.74, 6) is 0. The molecule has 7 nitrogen and oxygen atoms in total. The van der Waals surface area contributed by atoms with Crippen LogP contribution in [0.3, 0.4) is 0 Å². The Morgan fingerprint density at radius 2 is 1.71 bits per heavy atom. The Morgan fingerprint density at radius 1 is 1.21 bits per heavy atom. The summed E-state index contributed by atoms with van der Waals surface area (Å²) in [5.41, 5.74) is -0.802. The number of ether oxygens (including phenoxy) is 1. The van der Waals surface area contributed by atoms with Crippen LogP contribution in [0.4, 0.5) is 4.79 Å². The molecule has 1 amide bonds. The van der Waals surface area contributed by atoms with Crippen molar-refractivity contribution >= 4 is 24.7 Å². The number of amides is 1. The molecule has 0 radical (unpaired) electrons. The van der Waals surface area contributed by atoms with E-state index in [0.29, 0.717) is 4.31 Å². The highest BCUT2D eigenvalue weighted by atomic mass is 32.2. The highest BCUT2D eigenvalue weighted by Crippen LogP contribution is 2.38. The van der Waals surface area contributed by atoms with Crippen LogP contribution in [0, 0.1) is 0 Å². The molecule has 0 aromatic carbocycles. The number of carbonyl (C=O) groups excluding carboxylic acids is 1. The maximum absolute atomic E-state index is 12.4. The third-order valence-corrected chi connectivity index (χ3v) is 10.2. The van der Waals surface area contributed by atoms with Gasteiger partial charge >= 0.3 is 16.4 Å². The zero-order chi connectivity index (χ0) is 19.1. The number of hydrogen-bond acceptors (Lipinski definition) is 6. The lowest BCUT2D eigenvalue weighted by molar-refractivity contribution is 0.0252. The summed E-state index contributed by atoms with van der Waals surface area (Å²) < 4.78 is 41.2. The highest BCUT2D eigenvalue weighted by Gasteiger charge is 2.49. The van der Waals surface area contributed by atoms with Crippen LogP contribution in [0.1, 0.15) is 48.5 Å². The van der Waals surface area contributed by atoms with Crippen molar-refractivity contribution in [3.05, 3.63) is 0 Å². The number of carbonyl (C=O) groups is 1. The summed E-state index contributed by atoms with van der Waals surface area (Å²) in [6.45, 7) is 17.1. The Morgan fingerprint density at radius 3 is 2.12 bits per heavy atom. The lowest BCUT2D eigenvalue weighted by Gasteiger charge is -2.40. The van der Waals surface area contributed by atoms with Crippen molar-refractivity contribution in [1.82, 2.24) is 4.31 Å². The molecule has 1 saturated heterocycles. The third kappa shape index (κ3) is 4.93. The van der Waals surface area contributed by atoms with E-state index < -0.39 is 42.5 Å². The van der Waals surface area contributed by atoms with Gasteiger partial charge in [-0.3, -0.25) is 4.18 Å². The molecule has 0 unspecified atom stereocenters. The second kappa shape index (κ2) is 6.58. The van der Waals surface area contributed by atoms with Crippen molar-refractivity contribution in [2.45, 2.75) is 84.3 Å². The SMILES string of the molecule is C[C@@H](O[Si](C)(C)C(C)(C)C)[C@H]1COS(=O)(=O)N1C(=O)OC(C)(C)C. The van der Waals surface area contributed by atoms with Gasteiger partial charge in [-0.1, -0.05) is 20.8 Å². The van der Waals surface area contributed by atoms with Crippen molar-refractivity contribution in [3.8, 4) is 0 Å². The van der Waals surface area contributed by atoms with Gasteiger partial charge in [-0.05, 0) is 45.8 Å². The Balaban J connectivity index is 3.03. The van der Waals surface area contributed by atoms with E-state index in [2.05, 4.69) is 33.9 Å². The van der Waals surface area contributed by atoms with Crippen LogP contribution < -0.4 is 0 Å². The first-order valence-corrected chi connectivity index (χ1v) is 12.3. The first-order valence-electron chi connectivity index (χ1n) is 8.07. The molecule has 1 aliphatic heterocycles. The van der Waals surface area contributed by atoms with Gasteiger partial charge in [0.25, 0.3) is 0 Å². The van der Waals surface area contributed by atoms with E-state index in [1.54, 1.807) is 27.7 Å². The molecule has 0 spiro atoms. The Bertz CT molecular complexity index is 576. The van der Waals surface area contributed by atoms with Crippen LogP contribution in [0.5, 0.6) is 0 Å². The summed E-state index contributed by atoms with van der Waals surface area (Å²) in [4.78, 5) is 12.4. The minimum absolute atomic E-state index is 0.0314. The molecule has 1 aliphatic rings. The van der Waals surface area contributed by atoms with E-state index in [-0.39, 0.29) is 11.6 Å². The largest absolute Gasteiger partial charge is 0.443 e. The first kappa shape index (κ1) is 21.4. The predicted octanol–water partition coefficient (Wildman–Crippen LogP) is 3.28. The van der Waals surface area contributed by atoms with Gasteiger partial charge in [0.15, 0.2) is 8.32 Å². The second-order valence-corrected chi connectivity index (χ2v) is 14.9. The molecule has 0 aliphatic carbocycles. The monoisotopic (exact) mass is 381 g/mol. The fourth-order valence-electron chi connectivity index (χ4n) is 2.03. The fourth-order valence-corrected chi connectivity index (χ4v) is 4.67. The van der Waals surface area contributed by atoms with E-state index in [1.165, 1.54) is 0 Å². The minimum Gasteiger partial charge on any atom is -0.443 e. The van der Waals surface area contributed by atoms with E-state index >= 15 is 0 Å². The topological polar surface area (TPSA) is 82.1 Å². The van der Waals surface area contributed by atoms with Crippen LogP contribution in [0.25, 0.3) is 0 Å². The Kier molecular flexibility index (Phi) is 5.87. The molecule has 0 aromatic rings. The van der Waals surface area contributed by atoms with Gasteiger partial charge in [-0.2, -0.15) is 12.7 Å². The normalized spacial score (nSPS) is 23.2. The summed E-state index contributed by atoms with van der Waals surface area (Å²) in [5, 5.41) is -0.0314. The molecule has 24 heavy (non-hydrogen) atoms. The standard InChI is InChI=1S/C15H31NO6SSi/c1-11(22-24(8,9)15(5,6)7)12-10-20-23(18,19)16(12)13(17)21-14(2,3)4/h11-12H,10H2,1-9H3/t11-,12-/m1/s1. The molecule has 1 heterocycles. The molecular weight excluding hydrogens is 350 g/mol. The Hall–Kier alpha value is -0.643. The smallest absolute Gasteiger partial charge is 0.426 e. The summed E-state index contributed by atoms with van der Waals surface area (Å²) >= 11 is 0. The van der Waals surface area contributed by atoms with Gasteiger partial charge in [0.2, 0.25) is 0 Å². The predicted molar refractivity (Wildman–Crippen MR) is 94.5 cm³/mol. The van der Waals surface area contributed by atoms with Crippen molar-refractivity contribution in [3.63, 3.8) is 0 Å². The van der Waals surface area contributed by atoms with Crippen molar-refractivity contribution < 1.29 is 26.6 Å². The van der Waals surface area contributed by atoms with Crippen LogP contribution in [-0.4, -0.2) is 51.5 Å². The zero-order valence-corrected chi connectivity index (χ0v) is 18.0. The maximum atomic E-state index is 12.4. The summed E-state index contributed by atoms with van der Waals surface area (Å²) in [6, 6.07) is -0.737. The number of hydrogen-bond donors (Lipinski definition) is 0. The zero-order valence-electron chi connectivity index (χ0n) is 16.2. The minimum atomic E-state index is -4.15. The lowest BCUT2D eigenvalue weighted by Crippen LogP contribution is -2.52. The van der Waals surface area contributed by atoms with Gasteiger partial charge in [0.1, 0.15) is 11.6 Å². The fraction of sp³-hybridized carbons (Fsp3) is 0.933. The molecule has 2 atom stereocenters. The van der Waals surface area contributed by atoms with Crippen LogP contribution in [-0.2, 0) is 23.7 Å². The Labute approximate surface area is 147 Å². The molecule has 0 saturated carbocycles. The van der Waals surface area contributed by atoms with E-state index in [9.17, 15) is 13.2 Å². The third-order valence-electron chi connectivity index (χ3n) is 4.33. The quantitative estimate of drug-likeness (QED) is 0.698. The molecular formula is C15H31NO6SSi. The number of nitrogens with zero attached hydrogens (tertiary/aromatic N) is 1. The summed E-state index contributed by atoms with van der Waals surface area (Å²) in [6.07, 6.45) is -1.42. The van der Waals surface area contributed by atoms with Gasteiger partial charge in [-0.15, -0.1) is 0 Å². The molecule has 0 aromatic heterocycles. The van der Waals surface area contributed by atoms with Gasteiger partial charge in [-0.25, -0.2) is 4.79 Å². The van der Waals surface area contributed by atoms with Crippen molar-refractivity contribution in [1.29, 1.82) is 0 Å². The number of rotatable bonds is 3. The lowest BCUT2D eigenvalue weighted by atomic mass is 10.2.